The third-order valence-electron chi connectivity index (χ3n) is 2.84. The van der Waals surface area contributed by atoms with Crippen LogP contribution in [-0.2, 0) is 0 Å². The highest BCUT2D eigenvalue weighted by molar-refractivity contribution is 6.29. The predicted molar refractivity (Wildman–Crippen MR) is 81.3 cm³/mol. The number of nitrogens with zero attached hydrogens (tertiary/aromatic N) is 2. The molecule has 20 heavy (non-hydrogen) atoms. The summed E-state index contributed by atoms with van der Waals surface area (Å²) in [5, 5.41) is 12.4. The lowest BCUT2D eigenvalue weighted by molar-refractivity contribution is 0.0719. The number of carbonyl (C=O) groups is 1. The Bertz CT molecular complexity index is 440. The van der Waals surface area contributed by atoms with E-state index in [4.69, 9.17) is 16.7 Å². The lowest BCUT2D eigenvalue weighted by Gasteiger charge is -2.22. The predicted octanol–water partition coefficient (Wildman–Crippen LogP) is 2.40. The maximum absolute atomic E-state index is 12.4. The molecular weight excluding hydrogens is 278 g/mol. The van der Waals surface area contributed by atoms with Gasteiger partial charge in [0.1, 0.15) is 11.0 Å². The summed E-state index contributed by atoms with van der Waals surface area (Å²) >= 11 is 5.94. The molecule has 0 bridgehead atoms. The Labute approximate surface area is 125 Å². The summed E-state index contributed by atoms with van der Waals surface area (Å²) in [6, 6.07) is 3.25. The van der Waals surface area contributed by atoms with Crippen LogP contribution in [0.4, 0.5) is 5.82 Å². The average molecular weight is 300 g/mol. The normalized spacial score (nSPS) is 10.4. The number of aliphatic hydroxyl groups is 1. The molecule has 1 heterocycles. The van der Waals surface area contributed by atoms with E-state index in [1.54, 1.807) is 17.0 Å². The fourth-order valence-electron chi connectivity index (χ4n) is 1.86. The molecule has 0 saturated heterocycles. The van der Waals surface area contributed by atoms with Crippen molar-refractivity contribution in [2.45, 2.75) is 26.7 Å². The number of anilines is 1. The molecular formula is C14H22ClN3O2. The van der Waals surface area contributed by atoms with Gasteiger partial charge >= 0.3 is 0 Å². The molecule has 1 aromatic rings. The SMILES string of the molecule is CCCCN(CCO)C(=O)c1cc(Cl)nc(NCC)c1. The van der Waals surface area contributed by atoms with Crippen molar-refractivity contribution in [1.82, 2.24) is 9.88 Å². The molecule has 0 aliphatic carbocycles. The number of halogens is 1. The smallest absolute Gasteiger partial charge is 0.254 e. The first-order valence-corrected chi connectivity index (χ1v) is 7.31. The highest BCUT2D eigenvalue weighted by Gasteiger charge is 2.16. The number of hydrogen-bond donors (Lipinski definition) is 2. The van der Waals surface area contributed by atoms with E-state index in [1.807, 2.05) is 6.92 Å². The first-order valence-electron chi connectivity index (χ1n) is 6.94. The highest BCUT2D eigenvalue weighted by Crippen LogP contribution is 2.16. The molecule has 0 fully saturated rings. The van der Waals surface area contributed by atoms with Crippen molar-refractivity contribution in [3.05, 3.63) is 22.8 Å². The van der Waals surface area contributed by atoms with Crippen LogP contribution in [0.1, 0.15) is 37.0 Å². The third kappa shape index (κ3) is 4.98. The molecule has 1 amide bonds. The molecule has 0 unspecified atom stereocenters. The molecule has 2 N–H and O–H groups in total. The summed E-state index contributed by atoms with van der Waals surface area (Å²) in [5.41, 5.74) is 0.491. The van der Waals surface area contributed by atoms with E-state index in [0.29, 0.717) is 31.0 Å². The number of rotatable bonds is 8. The second-order valence-electron chi connectivity index (χ2n) is 4.46. The van der Waals surface area contributed by atoms with Crippen LogP contribution in [0.3, 0.4) is 0 Å². The van der Waals surface area contributed by atoms with Crippen LogP contribution in [-0.4, -0.2) is 47.1 Å². The van der Waals surface area contributed by atoms with Crippen LogP contribution < -0.4 is 5.32 Å². The summed E-state index contributed by atoms with van der Waals surface area (Å²) in [6.07, 6.45) is 1.90. The van der Waals surface area contributed by atoms with Crippen molar-refractivity contribution in [3.8, 4) is 0 Å². The number of aromatic nitrogens is 1. The molecule has 0 spiro atoms. The minimum absolute atomic E-state index is 0.0473. The molecule has 0 atom stereocenters. The first kappa shape index (κ1) is 16.7. The fraction of sp³-hybridized carbons (Fsp3) is 0.571. The molecule has 0 saturated carbocycles. The Balaban J connectivity index is 2.91. The molecule has 0 aliphatic rings. The number of nitrogens with one attached hydrogen (secondary N) is 1. The molecule has 112 valence electrons. The Kier molecular flexibility index (Phi) is 7.33. The van der Waals surface area contributed by atoms with E-state index in [9.17, 15) is 4.79 Å². The van der Waals surface area contributed by atoms with Gasteiger partial charge in [0.25, 0.3) is 5.91 Å². The number of amides is 1. The van der Waals surface area contributed by atoms with Crippen molar-refractivity contribution < 1.29 is 9.90 Å². The van der Waals surface area contributed by atoms with Crippen LogP contribution >= 0.6 is 11.6 Å². The van der Waals surface area contributed by atoms with Crippen LogP contribution in [0.2, 0.25) is 5.15 Å². The zero-order valence-electron chi connectivity index (χ0n) is 12.0. The van der Waals surface area contributed by atoms with Crippen LogP contribution in [0.15, 0.2) is 12.1 Å². The van der Waals surface area contributed by atoms with Gasteiger partial charge in [0.15, 0.2) is 0 Å². The van der Waals surface area contributed by atoms with Crippen molar-refractivity contribution in [3.63, 3.8) is 0 Å². The molecule has 5 nitrogen and oxygen atoms in total. The van der Waals surface area contributed by atoms with Gasteiger partial charge in [-0.2, -0.15) is 0 Å². The Morgan fingerprint density at radius 2 is 2.15 bits per heavy atom. The number of carbonyl (C=O) groups excluding carboxylic acids is 1. The molecule has 1 rings (SSSR count). The van der Waals surface area contributed by atoms with Gasteiger partial charge in [-0.3, -0.25) is 4.79 Å². The number of pyridine rings is 1. The van der Waals surface area contributed by atoms with E-state index < -0.39 is 0 Å². The average Bonchev–Trinajstić information content (AvgIpc) is 2.42. The lowest BCUT2D eigenvalue weighted by Crippen LogP contribution is -2.34. The van der Waals surface area contributed by atoms with E-state index in [1.165, 1.54) is 0 Å². The monoisotopic (exact) mass is 299 g/mol. The van der Waals surface area contributed by atoms with Gasteiger partial charge in [-0.05, 0) is 25.5 Å². The van der Waals surface area contributed by atoms with Gasteiger partial charge in [0.05, 0.1) is 6.61 Å². The molecule has 0 aliphatic heterocycles. The molecule has 1 aromatic heterocycles. The Hall–Kier alpha value is -1.33. The third-order valence-corrected chi connectivity index (χ3v) is 3.03. The van der Waals surface area contributed by atoms with Crippen molar-refractivity contribution in [2.24, 2.45) is 0 Å². The molecule has 6 heteroatoms. The van der Waals surface area contributed by atoms with Crippen molar-refractivity contribution >= 4 is 23.3 Å². The number of unbranched alkanes of at least 4 members (excludes halogenated alkanes) is 1. The maximum Gasteiger partial charge on any atom is 0.254 e. The number of aliphatic hydroxyl groups excluding tert-OH is 1. The van der Waals surface area contributed by atoms with Gasteiger partial charge in [-0.15, -0.1) is 0 Å². The zero-order chi connectivity index (χ0) is 15.0. The van der Waals surface area contributed by atoms with Crippen LogP contribution in [0.25, 0.3) is 0 Å². The van der Waals surface area contributed by atoms with Gasteiger partial charge in [-0.1, -0.05) is 24.9 Å². The van der Waals surface area contributed by atoms with E-state index >= 15 is 0 Å². The van der Waals surface area contributed by atoms with E-state index in [0.717, 1.165) is 12.8 Å². The zero-order valence-corrected chi connectivity index (χ0v) is 12.8. The largest absolute Gasteiger partial charge is 0.395 e. The summed E-state index contributed by atoms with van der Waals surface area (Å²) < 4.78 is 0. The Morgan fingerprint density at radius 1 is 1.40 bits per heavy atom. The Morgan fingerprint density at radius 3 is 2.75 bits per heavy atom. The van der Waals surface area contributed by atoms with Gasteiger partial charge in [-0.25, -0.2) is 4.98 Å². The summed E-state index contributed by atoms with van der Waals surface area (Å²) in [4.78, 5) is 18.2. The fourth-order valence-corrected chi connectivity index (χ4v) is 2.07. The maximum atomic E-state index is 12.4. The van der Waals surface area contributed by atoms with Crippen molar-refractivity contribution in [2.75, 3.05) is 31.6 Å². The van der Waals surface area contributed by atoms with E-state index in [2.05, 4.69) is 17.2 Å². The quantitative estimate of drug-likeness (QED) is 0.724. The molecule has 0 radical (unpaired) electrons. The number of hydrogen-bond acceptors (Lipinski definition) is 4. The van der Waals surface area contributed by atoms with Gasteiger partial charge < -0.3 is 15.3 Å². The topological polar surface area (TPSA) is 65.5 Å². The van der Waals surface area contributed by atoms with Crippen molar-refractivity contribution in [1.29, 1.82) is 0 Å². The second kappa shape index (κ2) is 8.76. The van der Waals surface area contributed by atoms with Crippen LogP contribution in [0, 0.1) is 0 Å². The summed E-state index contributed by atoms with van der Waals surface area (Å²) in [5.74, 6) is 0.457. The summed E-state index contributed by atoms with van der Waals surface area (Å²) in [7, 11) is 0. The van der Waals surface area contributed by atoms with Crippen LogP contribution in [0.5, 0.6) is 0 Å². The summed E-state index contributed by atoms with van der Waals surface area (Å²) in [6.45, 7) is 5.63. The van der Waals surface area contributed by atoms with Gasteiger partial charge in [0, 0.05) is 25.2 Å². The second-order valence-corrected chi connectivity index (χ2v) is 4.85. The van der Waals surface area contributed by atoms with Gasteiger partial charge in [0.2, 0.25) is 0 Å². The first-order chi connectivity index (χ1) is 9.62. The lowest BCUT2D eigenvalue weighted by atomic mass is 10.2. The standard InChI is InChI=1S/C14H22ClN3O2/c1-3-5-6-18(7-8-19)14(20)11-9-12(15)17-13(10-11)16-4-2/h9-10,19H,3-8H2,1-2H3,(H,16,17). The minimum atomic E-state index is -0.129. The van der Waals surface area contributed by atoms with E-state index in [-0.39, 0.29) is 17.7 Å². The minimum Gasteiger partial charge on any atom is -0.395 e. The highest BCUT2D eigenvalue weighted by atomic mass is 35.5. The molecule has 0 aromatic carbocycles.